The lowest BCUT2D eigenvalue weighted by molar-refractivity contribution is 0.0911. The van der Waals surface area contributed by atoms with E-state index in [2.05, 4.69) is 4.72 Å². The summed E-state index contributed by atoms with van der Waals surface area (Å²) in [5.41, 5.74) is 7.46. The van der Waals surface area contributed by atoms with Gasteiger partial charge in [0, 0.05) is 13.1 Å². The summed E-state index contributed by atoms with van der Waals surface area (Å²) in [7, 11) is -3.32. The largest absolute Gasteiger partial charge is 0.378 e. The number of nitrogens with one attached hydrogen (secondary N) is 1. The second-order valence-corrected chi connectivity index (χ2v) is 6.46. The summed E-state index contributed by atoms with van der Waals surface area (Å²) in [4.78, 5) is 0. The molecular formula is C13H22N2O3S. The molecule has 0 aliphatic rings. The highest BCUT2D eigenvalue weighted by Gasteiger charge is 2.11. The molecule has 3 N–H and O–H groups in total. The van der Waals surface area contributed by atoms with E-state index in [4.69, 9.17) is 10.5 Å². The molecule has 0 aromatic heterocycles. The van der Waals surface area contributed by atoms with Crippen molar-refractivity contribution in [3.8, 4) is 0 Å². The fraction of sp³-hybridized carbons (Fsp3) is 0.538. The summed E-state index contributed by atoms with van der Waals surface area (Å²) in [5.74, 6) is -0.0318. The van der Waals surface area contributed by atoms with Gasteiger partial charge in [-0.3, -0.25) is 0 Å². The van der Waals surface area contributed by atoms with Gasteiger partial charge in [0.2, 0.25) is 10.0 Å². The minimum Gasteiger partial charge on any atom is -0.378 e. The standard InChI is InChI=1S/C13H22N2O3S/c1-11(2)18-7-8-19(16,17)15-10-13-6-4-3-5-12(13)9-14/h3-6,11,15H,7-10,14H2,1-2H3. The van der Waals surface area contributed by atoms with Crippen molar-refractivity contribution < 1.29 is 13.2 Å². The van der Waals surface area contributed by atoms with Crippen molar-refractivity contribution in [3.05, 3.63) is 35.4 Å². The van der Waals surface area contributed by atoms with E-state index in [-0.39, 0.29) is 25.0 Å². The maximum absolute atomic E-state index is 11.8. The molecule has 1 aromatic rings. The molecule has 0 saturated carbocycles. The lowest BCUT2D eigenvalue weighted by Gasteiger charge is -2.11. The first-order valence-electron chi connectivity index (χ1n) is 6.30. The Bertz CT molecular complexity index is 486. The van der Waals surface area contributed by atoms with Crippen LogP contribution in [0, 0.1) is 0 Å². The van der Waals surface area contributed by atoms with Gasteiger partial charge in [0.15, 0.2) is 0 Å². The minimum absolute atomic E-state index is 0.0318. The predicted molar refractivity (Wildman–Crippen MR) is 76.0 cm³/mol. The average Bonchev–Trinajstić information content (AvgIpc) is 2.36. The van der Waals surface area contributed by atoms with Gasteiger partial charge in [0.25, 0.3) is 0 Å². The van der Waals surface area contributed by atoms with Gasteiger partial charge in [-0.15, -0.1) is 0 Å². The van der Waals surface area contributed by atoms with Gasteiger partial charge in [0.1, 0.15) is 0 Å². The summed E-state index contributed by atoms with van der Waals surface area (Å²) in [6, 6.07) is 7.52. The molecule has 1 rings (SSSR count). The number of nitrogens with two attached hydrogens (primary N) is 1. The third-order valence-electron chi connectivity index (χ3n) is 2.62. The van der Waals surface area contributed by atoms with Crippen LogP contribution in [0.2, 0.25) is 0 Å². The van der Waals surface area contributed by atoms with Crippen molar-refractivity contribution >= 4 is 10.0 Å². The van der Waals surface area contributed by atoms with E-state index < -0.39 is 10.0 Å². The van der Waals surface area contributed by atoms with Crippen LogP contribution in [0.25, 0.3) is 0 Å². The lowest BCUT2D eigenvalue weighted by atomic mass is 10.1. The summed E-state index contributed by atoms with van der Waals surface area (Å²) >= 11 is 0. The van der Waals surface area contributed by atoms with E-state index in [1.165, 1.54) is 0 Å². The number of benzene rings is 1. The predicted octanol–water partition coefficient (Wildman–Crippen LogP) is 0.990. The topological polar surface area (TPSA) is 81.4 Å². The van der Waals surface area contributed by atoms with E-state index in [1.54, 1.807) is 0 Å². The van der Waals surface area contributed by atoms with Crippen molar-refractivity contribution in [2.24, 2.45) is 5.73 Å². The number of ether oxygens (including phenoxy) is 1. The summed E-state index contributed by atoms with van der Waals surface area (Å²) in [6.45, 7) is 4.60. The summed E-state index contributed by atoms with van der Waals surface area (Å²) in [5, 5.41) is 0. The number of rotatable bonds is 8. The van der Waals surface area contributed by atoms with Gasteiger partial charge in [-0.25, -0.2) is 13.1 Å². The van der Waals surface area contributed by atoms with Crippen LogP contribution in [0.1, 0.15) is 25.0 Å². The summed E-state index contributed by atoms with van der Waals surface area (Å²) in [6.07, 6.45) is 0.0353. The van der Waals surface area contributed by atoms with Crippen molar-refractivity contribution in [1.29, 1.82) is 0 Å². The molecule has 0 amide bonds. The zero-order valence-corrected chi connectivity index (χ0v) is 12.2. The second kappa shape index (κ2) is 7.59. The molecule has 0 unspecified atom stereocenters. The highest BCUT2D eigenvalue weighted by molar-refractivity contribution is 7.89. The molecule has 108 valence electrons. The Morgan fingerprint density at radius 1 is 1.26 bits per heavy atom. The molecule has 0 aliphatic heterocycles. The number of hydrogen-bond acceptors (Lipinski definition) is 4. The SMILES string of the molecule is CC(C)OCCS(=O)(=O)NCc1ccccc1CN. The van der Waals surface area contributed by atoms with Gasteiger partial charge in [-0.2, -0.15) is 0 Å². The molecule has 0 atom stereocenters. The van der Waals surface area contributed by atoms with Crippen molar-refractivity contribution in [2.45, 2.75) is 33.0 Å². The first kappa shape index (κ1) is 16.1. The molecule has 0 spiro atoms. The fourth-order valence-electron chi connectivity index (χ4n) is 1.58. The second-order valence-electron chi connectivity index (χ2n) is 4.53. The van der Waals surface area contributed by atoms with Crippen LogP contribution in [0.15, 0.2) is 24.3 Å². The monoisotopic (exact) mass is 286 g/mol. The van der Waals surface area contributed by atoms with Crippen LogP contribution in [0.5, 0.6) is 0 Å². The van der Waals surface area contributed by atoms with Gasteiger partial charge >= 0.3 is 0 Å². The Hall–Kier alpha value is -0.950. The molecule has 0 radical (unpaired) electrons. The third kappa shape index (κ3) is 6.15. The van der Waals surface area contributed by atoms with Crippen molar-refractivity contribution in [1.82, 2.24) is 4.72 Å². The Kier molecular flexibility index (Phi) is 6.44. The third-order valence-corrected chi connectivity index (χ3v) is 3.91. The molecular weight excluding hydrogens is 264 g/mol. The van der Waals surface area contributed by atoms with Crippen LogP contribution in [0.4, 0.5) is 0 Å². The maximum Gasteiger partial charge on any atom is 0.214 e. The van der Waals surface area contributed by atoms with E-state index in [0.717, 1.165) is 11.1 Å². The number of sulfonamides is 1. The number of hydrogen-bond donors (Lipinski definition) is 2. The normalized spacial score (nSPS) is 12.0. The van der Waals surface area contributed by atoms with Gasteiger partial charge in [-0.1, -0.05) is 24.3 Å². The van der Waals surface area contributed by atoms with Crippen LogP contribution < -0.4 is 10.5 Å². The molecule has 1 aromatic carbocycles. The Morgan fingerprint density at radius 3 is 2.47 bits per heavy atom. The Morgan fingerprint density at radius 2 is 1.89 bits per heavy atom. The Labute approximate surface area is 115 Å². The fourth-order valence-corrected chi connectivity index (χ4v) is 2.42. The van der Waals surface area contributed by atoms with Crippen LogP contribution in [-0.2, 0) is 27.8 Å². The van der Waals surface area contributed by atoms with Crippen molar-refractivity contribution in [3.63, 3.8) is 0 Å². The van der Waals surface area contributed by atoms with E-state index in [0.29, 0.717) is 6.54 Å². The molecule has 5 nitrogen and oxygen atoms in total. The lowest BCUT2D eigenvalue weighted by Crippen LogP contribution is -2.29. The first-order chi connectivity index (χ1) is 8.94. The van der Waals surface area contributed by atoms with E-state index in [9.17, 15) is 8.42 Å². The molecule has 0 heterocycles. The van der Waals surface area contributed by atoms with Gasteiger partial charge < -0.3 is 10.5 Å². The maximum atomic E-state index is 11.8. The molecule has 0 fully saturated rings. The molecule has 6 heteroatoms. The van der Waals surface area contributed by atoms with E-state index >= 15 is 0 Å². The van der Waals surface area contributed by atoms with Crippen LogP contribution in [-0.4, -0.2) is 26.9 Å². The minimum atomic E-state index is -3.32. The van der Waals surface area contributed by atoms with Gasteiger partial charge in [-0.05, 0) is 25.0 Å². The van der Waals surface area contributed by atoms with E-state index in [1.807, 2.05) is 38.1 Å². The highest BCUT2D eigenvalue weighted by atomic mass is 32.2. The highest BCUT2D eigenvalue weighted by Crippen LogP contribution is 2.07. The molecule has 0 bridgehead atoms. The van der Waals surface area contributed by atoms with Gasteiger partial charge in [0.05, 0.1) is 18.5 Å². The molecule has 0 aliphatic carbocycles. The first-order valence-corrected chi connectivity index (χ1v) is 7.95. The van der Waals surface area contributed by atoms with Crippen molar-refractivity contribution in [2.75, 3.05) is 12.4 Å². The quantitative estimate of drug-likeness (QED) is 0.746. The average molecular weight is 286 g/mol. The molecule has 0 saturated heterocycles. The van der Waals surface area contributed by atoms with Crippen LogP contribution >= 0.6 is 0 Å². The molecule has 19 heavy (non-hydrogen) atoms. The summed E-state index contributed by atoms with van der Waals surface area (Å²) < 4.78 is 31.3. The zero-order chi connectivity index (χ0) is 14.3. The van der Waals surface area contributed by atoms with Crippen LogP contribution in [0.3, 0.4) is 0 Å². The smallest absolute Gasteiger partial charge is 0.214 e. The Balaban J connectivity index is 2.50. The zero-order valence-electron chi connectivity index (χ0n) is 11.4.